The van der Waals surface area contributed by atoms with E-state index in [4.69, 9.17) is 4.74 Å². The first kappa shape index (κ1) is 11.1. The maximum atomic E-state index is 6.02. The van der Waals surface area contributed by atoms with Gasteiger partial charge in [0.15, 0.2) is 0 Å². The summed E-state index contributed by atoms with van der Waals surface area (Å²) in [6, 6.07) is 19.5. The van der Waals surface area contributed by atoms with E-state index in [2.05, 4.69) is 59.9 Å². The molecule has 2 aliphatic rings. The molecule has 2 nitrogen and oxygen atoms in total. The summed E-state index contributed by atoms with van der Waals surface area (Å²) in [4.78, 5) is 0. The first-order valence-electron chi connectivity index (χ1n) is 6.95. The van der Waals surface area contributed by atoms with Crippen LogP contribution in [0.5, 0.6) is 0 Å². The Hall–Kier alpha value is -1.80. The van der Waals surface area contributed by atoms with Crippen molar-refractivity contribution in [3.05, 3.63) is 65.7 Å². The highest BCUT2D eigenvalue weighted by atomic mass is 16.5. The maximum Gasteiger partial charge on any atom is 0.0887 e. The molecule has 2 heterocycles. The quantitative estimate of drug-likeness (QED) is 0.834. The average Bonchev–Trinajstić information content (AvgIpc) is 2.97. The van der Waals surface area contributed by atoms with Crippen molar-refractivity contribution in [2.24, 2.45) is 0 Å². The van der Waals surface area contributed by atoms with Crippen LogP contribution in [-0.4, -0.2) is 12.7 Å². The van der Waals surface area contributed by atoms with Crippen LogP contribution < -0.4 is 5.32 Å². The second-order valence-electron chi connectivity index (χ2n) is 5.35. The fourth-order valence-electron chi connectivity index (χ4n) is 3.41. The van der Waals surface area contributed by atoms with Crippen LogP contribution in [0.3, 0.4) is 0 Å². The first-order chi connectivity index (χ1) is 9.43. The van der Waals surface area contributed by atoms with Crippen LogP contribution in [0.4, 0.5) is 5.69 Å². The van der Waals surface area contributed by atoms with E-state index in [9.17, 15) is 0 Å². The predicted octanol–water partition coefficient (Wildman–Crippen LogP) is 3.73. The molecule has 0 radical (unpaired) electrons. The third-order valence-corrected chi connectivity index (χ3v) is 4.29. The highest BCUT2D eigenvalue weighted by molar-refractivity contribution is 5.58. The Kier molecular flexibility index (Phi) is 2.56. The summed E-state index contributed by atoms with van der Waals surface area (Å²) < 4.78 is 6.02. The van der Waals surface area contributed by atoms with Gasteiger partial charge in [0.05, 0.1) is 12.1 Å². The molecule has 1 N–H and O–H groups in total. The smallest absolute Gasteiger partial charge is 0.0887 e. The second-order valence-corrected chi connectivity index (χ2v) is 5.35. The Morgan fingerprint density at radius 3 is 2.63 bits per heavy atom. The van der Waals surface area contributed by atoms with E-state index in [1.807, 2.05) is 0 Å². The minimum atomic E-state index is 0.261. The number of rotatable bonds is 1. The molecule has 1 saturated heterocycles. The SMILES string of the molecule is c1ccc([C@H]2Nc3ccccc3[C@H]3CCO[C@H]32)cc1. The highest BCUT2D eigenvalue weighted by Crippen LogP contribution is 2.46. The van der Waals surface area contributed by atoms with Crippen molar-refractivity contribution < 1.29 is 4.74 Å². The lowest BCUT2D eigenvalue weighted by Crippen LogP contribution is -2.34. The monoisotopic (exact) mass is 251 g/mol. The summed E-state index contributed by atoms with van der Waals surface area (Å²) in [5.41, 5.74) is 3.99. The van der Waals surface area contributed by atoms with Gasteiger partial charge in [-0.25, -0.2) is 0 Å². The van der Waals surface area contributed by atoms with Gasteiger partial charge in [0.25, 0.3) is 0 Å². The van der Waals surface area contributed by atoms with Crippen molar-refractivity contribution >= 4 is 5.69 Å². The number of para-hydroxylation sites is 1. The van der Waals surface area contributed by atoms with E-state index in [1.165, 1.54) is 16.8 Å². The molecule has 0 bridgehead atoms. The van der Waals surface area contributed by atoms with Gasteiger partial charge in [-0.15, -0.1) is 0 Å². The number of hydrogen-bond donors (Lipinski definition) is 1. The molecule has 19 heavy (non-hydrogen) atoms. The molecular formula is C17H17NO. The molecule has 0 amide bonds. The molecule has 0 unspecified atom stereocenters. The van der Waals surface area contributed by atoms with Gasteiger partial charge in [0, 0.05) is 18.2 Å². The molecule has 4 rings (SSSR count). The number of benzene rings is 2. The van der Waals surface area contributed by atoms with Crippen molar-refractivity contribution in [3.8, 4) is 0 Å². The van der Waals surface area contributed by atoms with Crippen molar-refractivity contribution in [2.45, 2.75) is 24.5 Å². The van der Waals surface area contributed by atoms with Gasteiger partial charge in [-0.2, -0.15) is 0 Å². The predicted molar refractivity (Wildman–Crippen MR) is 76.3 cm³/mol. The van der Waals surface area contributed by atoms with Crippen LogP contribution >= 0.6 is 0 Å². The fraction of sp³-hybridized carbons (Fsp3) is 0.294. The first-order valence-corrected chi connectivity index (χ1v) is 6.95. The molecule has 3 atom stereocenters. The van der Waals surface area contributed by atoms with Crippen LogP contribution in [0.25, 0.3) is 0 Å². The minimum absolute atomic E-state index is 0.261. The maximum absolute atomic E-state index is 6.02. The summed E-state index contributed by atoms with van der Waals surface area (Å²) in [6.45, 7) is 0.870. The van der Waals surface area contributed by atoms with Gasteiger partial charge >= 0.3 is 0 Å². The van der Waals surface area contributed by atoms with Crippen molar-refractivity contribution in [2.75, 3.05) is 11.9 Å². The summed E-state index contributed by atoms with van der Waals surface area (Å²) in [7, 11) is 0. The molecule has 2 aromatic rings. The van der Waals surface area contributed by atoms with E-state index in [0.717, 1.165) is 13.0 Å². The molecule has 0 spiro atoms. The lowest BCUT2D eigenvalue weighted by atomic mass is 9.82. The van der Waals surface area contributed by atoms with E-state index in [1.54, 1.807) is 0 Å². The zero-order valence-corrected chi connectivity index (χ0v) is 10.8. The molecule has 1 fully saturated rings. The van der Waals surface area contributed by atoms with Crippen LogP contribution in [-0.2, 0) is 4.74 Å². The number of nitrogens with one attached hydrogen (secondary N) is 1. The Labute approximate surface area is 113 Å². The van der Waals surface area contributed by atoms with E-state index >= 15 is 0 Å². The summed E-state index contributed by atoms with van der Waals surface area (Å²) in [5.74, 6) is 0.530. The minimum Gasteiger partial charge on any atom is -0.375 e. The Bertz CT molecular complexity index is 581. The average molecular weight is 251 g/mol. The Balaban J connectivity index is 1.79. The Morgan fingerprint density at radius 1 is 0.947 bits per heavy atom. The lowest BCUT2D eigenvalue weighted by molar-refractivity contribution is 0.0851. The zero-order chi connectivity index (χ0) is 12.7. The summed E-state index contributed by atoms with van der Waals surface area (Å²) in [5, 5.41) is 3.66. The number of anilines is 1. The van der Waals surface area contributed by atoms with Gasteiger partial charge < -0.3 is 10.1 Å². The summed E-state index contributed by atoms with van der Waals surface area (Å²) >= 11 is 0. The molecule has 2 aliphatic heterocycles. The van der Waals surface area contributed by atoms with E-state index < -0.39 is 0 Å². The molecule has 2 heteroatoms. The van der Waals surface area contributed by atoms with Crippen LogP contribution in [0, 0.1) is 0 Å². The van der Waals surface area contributed by atoms with Gasteiger partial charge in [0.2, 0.25) is 0 Å². The van der Waals surface area contributed by atoms with E-state index in [-0.39, 0.29) is 12.1 Å². The van der Waals surface area contributed by atoms with Gasteiger partial charge in [0.1, 0.15) is 0 Å². The Morgan fingerprint density at radius 2 is 1.74 bits per heavy atom. The number of fused-ring (bicyclic) bond motifs is 3. The van der Waals surface area contributed by atoms with E-state index in [0.29, 0.717) is 5.92 Å². The second kappa shape index (κ2) is 4.39. The summed E-state index contributed by atoms with van der Waals surface area (Å²) in [6.07, 6.45) is 1.39. The number of hydrogen-bond acceptors (Lipinski definition) is 2. The fourth-order valence-corrected chi connectivity index (χ4v) is 3.41. The molecule has 0 aromatic heterocycles. The van der Waals surface area contributed by atoms with Crippen LogP contribution in [0.2, 0.25) is 0 Å². The van der Waals surface area contributed by atoms with Crippen molar-refractivity contribution in [3.63, 3.8) is 0 Å². The van der Waals surface area contributed by atoms with Crippen LogP contribution in [0.1, 0.15) is 29.5 Å². The van der Waals surface area contributed by atoms with Crippen molar-refractivity contribution in [1.29, 1.82) is 0 Å². The van der Waals surface area contributed by atoms with Gasteiger partial charge in [-0.3, -0.25) is 0 Å². The molecule has 0 saturated carbocycles. The van der Waals surface area contributed by atoms with Crippen LogP contribution in [0.15, 0.2) is 54.6 Å². The largest absolute Gasteiger partial charge is 0.375 e. The third kappa shape index (κ3) is 1.75. The molecular weight excluding hydrogens is 234 g/mol. The third-order valence-electron chi connectivity index (χ3n) is 4.29. The highest BCUT2D eigenvalue weighted by Gasteiger charge is 2.41. The topological polar surface area (TPSA) is 21.3 Å². The molecule has 0 aliphatic carbocycles. The van der Waals surface area contributed by atoms with Gasteiger partial charge in [-0.1, -0.05) is 48.5 Å². The normalized spacial score (nSPS) is 28.3. The molecule has 2 aromatic carbocycles. The molecule has 96 valence electrons. The zero-order valence-electron chi connectivity index (χ0n) is 10.8. The number of ether oxygens (including phenoxy) is 1. The lowest BCUT2D eigenvalue weighted by Gasteiger charge is -2.36. The standard InChI is InChI=1S/C17H17NO/c1-2-6-12(7-3-1)16-17-14(10-11-19-17)13-8-4-5-9-15(13)18-16/h1-9,14,16-18H,10-11H2/t14-,16-,17-/m1/s1. The van der Waals surface area contributed by atoms with Gasteiger partial charge in [-0.05, 0) is 23.6 Å². The van der Waals surface area contributed by atoms with Crippen molar-refractivity contribution in [1.82, 2.24) is 0 Å².